The predicted molar refractivity (Wildman–Crippen MR) is 82.0 cm³/mol. The zero-order chi connectivity index (χ0) is 14.3. The van der Waals surface area contributed by atoms with Gasteiger partial charge in [0, 0.05) is 13.1 Å². The van der Waals surface area contributed by atoms with Gasteiger partial charge in [0.2, 0.25) is 0 Å². The van der Waals surface area contributed by atoms with E-state index in [-0.39, 0.29) is 11.1 Å². The van der Waals surface area contributed by atoms with E-state index in [1.165, 1.54) is 18.0 Å². The Balaban J connectivity index is 1.88. The Morgan fingerprint density at radius 2 is 1.95 bits per heavy atom. The average Bonchev–Trinajstić information content (AvgIpc) is 3.23. The summed E-state index contributed by atoms with van der Waals surface area (Å²) >= 11 is 1.24. The summed E-state index contributed by atoms with van der Waals surface area (Å²) in [5.41, 5.74) is 5.85. The van der Waals surface area contributed by atoms with Gasteiger partial charge >= 0.3 is 0 Å². The molecule has 0 spiro atoms. The van der Waals surface area contributed by atoms with Crippen molar-refractivity contribution in [3.8, 4) is 0 Å². The fraction of sp³-hybridized carbons (Fsp3) is 0.769. The molecule has 3 rings (SSSR count). The summed E-state index contributed by atoms with van der Waals surface area (Å²) in [5, 5.41) is 0.539. The quantitative estimate of drug-likeness (QED) is 0.922. The maximum Gasteiger partial charge on any atom is 0.187 e. The van der Waals surface area contributed by atoms with Crippen LogP contribution < -0.4 is 10.6 Å². The van der Waals surface area contributed by atoms with Crippen LogP contribution in [0.3, 0.4) is 0 Å². The fourth-order valence-electron chi connectivity index (χ4n) is 2.84. The van der Waals surface area contributed by atoms with E-state index in [0.29, 0.717) is 4.90 Å². The number of nitrogen functional groups attached to an aromatic ring is 1. The molecule has 2 fully saturated rings. The standard InChI is InChI=1S/C13H21N3O2S2/c1-2-9-5-7-16(8-6-9)13-11(12(14)15-19-13)20(17,18)10-3-4-10/h9-10H,2-8H2,1H3,(H2,14,15). The van der Waals surface area contributed by atoms with E-state index in [9.17, 15) is 8.42 Å². The molecule has 1 aliphatic carbocycles. The molecule has 1 saturated carbocycles. The highest BCUT2D eigenvalue weighted by atomic mass is 32.2. The van der Waals surface area contributed by atoms with Crippen LogP contribution in [-0.4, -0.2) is 31.1 Å². The molecule has 0 bridgehead atoms. The number of aromatic nitrogens is 1. The van der Waals surface area contributed by atoms with Crippen molar-refractivity contribution in [3.63, 3.8) is 0 Å². The highest BCUT2D eigenvalue weighted by Crippen LogP contribution is 2.43. The predicted octanol–water partition coefficient (Wildman–Crippen LogP) is 2.29. The molecule has 2 aliphatic rings. The first-order chi connectivity index (χ1) is 9.54. The van der Waals surface area contributed by atoms with Crippen LogP contribution in [0, 0.1) is 5.92 Å². The molecule has 112 valence electrons. The number of anilines is 2. The minimum Gasteiger partial charge on any atom is -0.382 e. The van der Waals surface area contributed by atoms with Crippen LogP contribution in [0.2, 0.25) is 0 Å². The third-order valence-corrected chi connectivity index (χ3v) is 7.76. The SMILES string of the molecule is CCC1CCN(c2snc(N)c2S(=O)(=O)C2CC2)CC1. The number of piperidine rings is 1. The number of rotatable bonds is 4. The van der Waals surface area contributed by atoms with Crippen molar-refractivity contribution >= 4 is 32.2 Å². The van der Waals surface area contributed by atoms with Crippen LogP contribution in [0.1, 0.15) is 39.0 Å². The molecule has 0 amide bonds. The molecule has 0 atom stereocenters. The van der Waals surface area contributed by atoms with Crippen LogP contribution in [0.5, 0.6) is 0 Å². The summed E-state index contributed by atoms with van der Waals surface area (Å²) in [6, 6.07) is 0. The zero-order valence-corrected chi connectivity index (χ0v) is 13.3. The van der Waals surface area contributed by atoms with Gasteiger partial charge in [0.1, 0.15) is 9.90 Å². The van der Waals surface area contributed by atoms with Gasteiger partial charge in [0.15, 0.2) is 15.7 Å². The zero-order valence-electron chi connectivity index (χ0n) is 11.7. The molecule has 7 heteroatoms. The first-order valence-corrected chi connectivity index (χ1v) is 9.60. The Labute approximate surface area is 124 Å². The Morgan fingerprint density at radius 3 is 2.50 bits per heavy atom. The second-order valence-corrected chi connectivity index (χ2v) is 8.70. The van der Waals surface area contributed by atoms with Gasteiger partial charge in [-0.2, -0.15) is 4.37 Å². The highest BCUT2D eigenvalue weighted by Gasteiger charge is 2.41. The molecular formula is C13H21N3O2S2. The van der Waals surface area contributed by atoms with Gasteiger partial charge in [-0.15, -0.1) is 0 Å². The topological polar surface area (TPSA) is 76.3 Å². The minimum atomic E-state index is -3.27. The third kappa shape index (κ3) is 2.41. The van der Waals surface area contributed by atoms with Crippen molar-refractivity contribution in [3.05, 3.63) is 0 Å². The number of sulfone groups is 1. The van der Waals surface area contributed by atoms with Crippen molar-refractivity contribution in [1.82, 2.24) is 4.37 Å². The number of nitrogens with zero attached hydrogens (tertiary/aromatic N) is 2. The Bertz CT molecular complexity index is 585. The van der Waals surface area contributed by atoms with E-state index >= 15 is 0 Å². The molecule has 1 aromatic rings. The van der Waals surface area contributed by atoms with E-state index in [1.54, 1.807) is 0 Å². The lowest BCUT2D eigenvalue weighted by molar-refractivity contribution is 0.395. The first-order valence-electron chi connectivity index (χ1n) is 7.28. The van der Waals surface area contributed by atoms with Gasteiger partial charge in [-0.1, -0.05) is 13.3 Å². The van der Waals surface area contributed by atoms with Crippen LogP contribution in [0.4, 0.5) is 10.8 Å². The Morgan fingerprint density at radius 1 is 1.30 bits per heavy atom. The van der Waals surface area contributed by atoms with Crippen molar-refractivity contribution in [2.75, 3.05) is 23.7 Å². The van der Waals surface area contributed by atoms with E-state index in [2.05, 4.69) is 16.2 Å². The van der Waals surface area contributed by atoms with E-state index < -0.39 is 9.84 Å². The van der Waals surface area contributed by atoms with Crippen LogP contribution in [-0.2, 0) is 9.84 Å². The van der Waals surface area contributed by atoms with E-state index in [0.717, 1.165) is 49.7 Å². The molecule has 1 aromatic heterocycles. The molecule has 2 N–H and O–H groups in total. The van der Waals surface area contributed by atoms with Gasteiger partial charge < -0.3 is 10.6 Å². The summed E-state index contributed by atoms with van der Waals surface area (Å²) in [6.07, 6.45) is 4.96. The number of nitrogens with two attached hydrogens (primary N) is 1. The maximum atomic E-state index is 12.5. The van der Waals surface area contributed by atoms with Crippen molar-refractivity contribution in [2.45, 2.75) is 49.2 Å². The summed E-state index contributed by atoms with van der Waals surface area (Å²) in [5.74, 6) is 0.953. The average molecular weight is 315 g/mol. The van der Waals surface area contributed by atoms with Crippen LogP contribution >= 0.6 is 11.5 Å². The first kappa shape index (κ1) is 14.1. The maximum absolute atomic E-state index is 12.5. The lowest BCUT2D eigenvalue weighted by Gasteiger charge is -2.32. The second kappa shape index (κ2) is 5.18. The molecular weight excluding hydrogens is 294 g/mol. The minimum absolute atomic E-state index is 0.189. The smallest absolute Gasteiger partial charge is 0.187 e. The van der Waals surface area contributed by atoms with E-state index in [4.69, 9.17) is 5.73 Å². The lowest BCUT2D eigenvalue weighted by Crippen LogP contribution is -2.33. The Kier molecular flexibility index (Phi) is 3.66. The van der Waals surface area contributed by atoms with Crippen molar-refractivity contribution in [2.24, 2.45) is 5.92 Å². The van der Waals surface area contributed by atoms with Crippen LogP contribution in [0.25, 0.3) is 0 Å². The van der Waals surface area contributed by atoms with Gasteiger partial charge in [-0.05, 0) is 43.1 Å². The highest BCUT2D eigenvalue weighted by molar-refractivity contribution is 7.92. The van der Waals surface area contributed by atoms with Gasteiger partial charge in [0.25, 0.3) is 0 Å². The molecule has 1 saturated heterocycles. The monoisotopic (exact) mass is 315 g/mol. The number of hydrogen-bond acceptors (Lipinski definition) is 6. The molecule has 0 aromatic carbocycles. The van der Waals surface area contributed by atoms with Crippen molar-refractivity contribution in [1.29, 1.82) is 0 Å². The molecule has 2 heterocycles. The summed E-state index contributed by atoms with van der Waals surface area (Å²) in [4.78, 5) is 2.47. The third-order valence-electron chi connectivity index (χ3n) is 4.38. The van der Waals surface area contributed by atoms with Crippen LogP contribution in [0.15, 0.2) is 4.90 Å². The van der Waals surface area contributed by atoms with Crippen molar-refractivity contribution < 1.29 is 8.42 Å². The molecule has 5 nitrogen and oxygen atoms in total. The fourth-order valence-corrected chi connectivity index (χ4v) is 5.92. The second-order valence-electron chi connectivity index (χ2n) is 5.79. The molecule has 1 aliphatic heterocycles. The van der Waals surface area contributed by atoms with Gasteiger partial charge in [-0.3, -0.25) is 0 Å². The van der Waals surface area contributed by atoms with Gasteiger partial charge in [0.05, 0.1) is 5.25 Å². The summed E-state index contributed by atoms with van der Waals surface area (Å²) in [7, 11) is -3.27. The molecule has 20 heavy (non-hydrogen) atoms. The normalized spacial score (nSPS) is 21.4. The summed E-state index contributed by atoms with van der Waals surface area (Å²) < 4.78 is 29.1. The number of hydrogen-bond donors (Lipinski definition) is 1. The Hall–Kier alpha value is -0.820. The summed E-state index contributed by atoms with van der Waals surface area (Å²) in [6.45, 7) is 4.04. The molecule has 0 unspecified atom stereocenters. The van der Waals surface area contributed by atoms with Gasteiger partial charge in [-0.25, -0.2) is 8.42 Å². The lowest BCUT2D eigenvalue weighted by atomic mass is 9.95. The largest absolute Gasteiger partial charge is 0.382 e. The van der Waals surface area contributed by atoms with E-state index in [1.807, 2.05) is 0 Å². The molecule has 0 radical (unpaired) electrons.